The van der Waals surface area contributed by atoms with Crippen molar-refractivity contribution >= 4 is 18.6 Å². The smallest absolute Gasteiger partial charge is 0.0491 e. The van der Waals surface area contributed by atoms with E-state index in [1.807, 2.05) is 24.3 Å². The predicted octanol–water partition coefficient (Wildman–Crippen LogP) is 1.07. The molecule has 0 spiro atoms. The standard InChI is InChI=1S/C7H10N2O2S/c8-7-3-1-6(2-4-7)5-9-10-11-12/h1-4,9,12H,5,8H2. The predicted molar refractivity (Wildman–Crippen MR) is 48.9 cm³/mol. The van der Waals surface area contributed by atoms with Crippen molar-refractivity contribution in [2.75, 3.05) is 5.73 Å². The zero-order valence-corrected chi connectivity index (χ0v) is 7.25. The molecule has 0 amide bonds. The molecule has 0 aliphatic carbocycles. The Hall–Kier alpha value is -0.750. The van der Waals surface area contributed by atoms with Gasteiger partial charge in [0.05, 0.1) is 0 Å². The van der Waals surface area contributed by atoms with Gasteiger partial charge < -0.3 is 5.73 Å². The lowest BCUT2D eigenvalue weighted by molar-refractivity contribution is -0.244. The molecule has 0 saturated heterocycles. The third-order valence-corrected chi connectivity index (χ3v) is 1.43. The first-order valence-corrected chi connectivity index (χ1v) is 3.74. The highest BCUT2D eigenvalue weighted by molar-refractivity contribution is 7.74. The summed E-state index contributed by atoms with van der Waals surface area (Å²) in [7, 11) is 0. The molecule has 0 aromatic heterocycles. The SMILES string of the molecule is Nc1ccc(CNOOS)cc1. The molecule has 1 aromatic rings. The van der Waals surface area contributed by atoms with Crippen molar-refractivity contribution in [1.82, 2.24) is 5.48 Å². The molecule has 5 heteroatoms. The van der Waals surface area contributed by atoms with Crippen molar-refractivity contribution in [2.45, 2.75) is 6.54 Å². The zero-order chi connectivity index (χ0) is 8.81. The van der Waals surface area contributed by atoms with Crippen LogP contribution in [0.3, 0.4) is 0 Å². The maximum atomic E-state index is 5.49. The number of thiol groups is 1. The molecule has 0 aliphatic heterocycles. The molecule has 0 heterocycles. The molecular formula is C7H10N2O2S. The lowest BCUT2D eigenvalue weighted by atomic mass is 10.2. The Morgan fingerprint density at radius 2 is 2.00 bits per heavy atom. The highest BCUT2D eigenvalue weighted by atomic mass is 32.1. The third-order valence-electron chi connectivity index (χ3n) is 1.35. The van der Waals surface area contributed by atoms with Crippen LogP contribution in [0.4, 0.5) is 5.69 Å². The van der Waals surface area contributed by atoms with Gasteiger partial charge >= 0.3 is 0 Å². The fourth-order valence-electron chi connectivity index (χ4n) is 0.775. The second kappa shape index (κ2) is 5.00. The number of hydrogen-bond donors (Lipinski definition) is 3. The molecule has 0 fully saturated rings. The van der Waals surface area contributed by atoms with Crippen LogP contribution >= 0.6 is 12.9 Å². The van der Waals surface area contributed by atoms with Gasteiger partial charge in [0.1, 0.15) is 0 Å². The third kappa shape index (κ3) is 3.10. The van der Waals surface area contributed by atoms with Gasteiger partial charge in [-0.25, -0.2) is 0 Å². The number of benzene rings is 1. The fraction of sp³-hybridized carbons (Fsp3) is 0.143. The minimum Gasteiger partial charge on any atom is -0.399 e. The van der Waals surface area contributed by atoms with Crippen molar-refractivity contribution in [1.29, 1.82) is 0 Å². The summed E-state index contributed by atoms with van der Waals surface area (Å²) < 4.78 is 4.05. The average Bonchev–Trinajstić information content (AvgIpc) is 2.09. The largest absolute Gasteiger partial charge is 0.399 e. The number of hydrogen-bond acceptors (Lipinski definition) is 5. The topological polar surface area (TPSA) is 56.5 Å². The van der Waals surface area contributed by atoms with Crippen LogP contribution in [0, 0.1) is 0 Å². The molecule has 0 saturated carbocycles. The van der Waals surface area contributed by atoms with Gasteiger partial charge in [-0.3, -0.25) is 0 Å². The van der Waals surface area contributed by atoms with E-state index < -0.39 is 0 Å². The van der Waals surface area contributed by atoms with Gasteiger partial charge in [0.2, 0.25) is 0 Å². The van der Waals surface area contributed by atoms with Crippen LogP contribution in [0.2, 0.25) is 0 Å². The summed E-state index contributed by atoms with van der Waals surface area (Å²) in [5.41, 5.74) is 9.82. The second-order valence-electron chi connectivity index (χ2n) is 2.22. The monoisotopic (exact) mass is 186 g/mol. The van der Waals surface area contributed by atoms with Crippen molar-refractivity contribution in [3.05, 3.63) is 29.8 Å². The Morgan fingerprint density at radius 1 is 1.33 bits per heavy atom. The first-order chi connectivity index (χ1) is 5.83. The Kier molecular flexibility index (Phi) is 3.89. The number of nitrogens with one attached hydrogen (secondary N) is 1. The summed E-state index contributed by atoms with van der Waals surface area (Å²) in [5.74, 6) is 0. The van der Waals surface area contributed by atoms with E-state index in [2.05, 4.69) is 27.7 Å². The molecule has 1 aromatic carbocycles. The number of nitrogens with two attached hydrogens (primary N) is 1. The van der Waals surface area contributed by atoms with E-state index in [4.69, 9.17) is 5.73 Å². The lowest BCUT2D eigenvalue weighted by Gasteiger charge is -2.01. The minimum atomic E-state index is 0.542. The molecule has 1 rings (SSSR count). The molecule has 12 heavy (non-hydrogen) atoms. The zero-order valence-electron chi connectivity index (χ0n) is 6.36. The van der Waals surface area contributed by atoms with Crippen LogP contribution in [0.5, 0.6) is 0 Å². The van der Waals surface area contributed by atoms with Crippen molar-refractivity contribution in [3.63, 3.8) is 0 Å². The normalized spacial score (nSPS) is 10.1. The quantitative estimate of drug-likeness (QED) is 0.164. The van der Waals surface area contributed by atoms with Crippen molar-refractivity contribution in [3.8, 4) is 0 Å². The van der Waals surface area contributed by atoms with Gasteiger partial charge in [0.15, 0.2) is 0 Å². The first-order valence-electron chi connectivity index (χ1n) is 3.37. The van der Waals surface area contributed by atoms with Gasteiger partial charge in [-0.2, -0.15) is 5.48 Å². The maximum absolute atomic E-state index is 5.49. The van der Waals surface area contributed by atoms with Gasteiger partial charge in [0.25, 0.3) is 0 Å². The number of anilines is 1. The van der Waals surface area contributed by atoms with Crippen molar-refractivity contribution in [2.24, 2.45) is 0 Å². The number of nitrogen functional groups attached to an aromatic ring is 1. The summed E-state index contributed by atoms with van der Waals surface area (Å²) in [6.45, 7) is 0.542. The Balaban J connectivity index is 2.37. The molecule has 0 atom stereocenters. The Labute approximate surface area is 76.2 Å². The molecule has 4 nitrogen and oxygen atoms in total. The molecule has 66 valence electrons. The first kappa shape index (κ1) is 9.34. The lowest BCUT2D eigenvalue weighted by Crippen LogP contribution is -2.11. The van der Waals surface area contributed by atoms with Crippen LogP contribution in [-0.4, -0.2) is 0 Å². The van der Waals surface area contributed by atoms with E-state index in [0.717, 1.165) is 11.3 Å². The highest BCUT2D eigenvalue weighted by Gasteiger charge is 1.91. The molecular weight excluding hydrogens is 176 g/mol. The van der Waals surface area contributed by atoms with Crippen LogP contribution in [0.1, 0.15) is 5.56 Å². The molecule has 3 N–H and O–H groups in total. The molecule has 0 aliphatic rings. The highest BCUT2D eigenvalue weighted by Crippen LogP contribution is 2.04. The average molecular weight is 186 g/mol. The van der Waals surface area contributed by atoms with E-state index >= 15 is 0 Å². The summed E-state index contributed by atoms with van der Waals surface area (Å²) >= 11 is 3.38. The molecule has 0 bridgehead atoms. The summed E-state index contributed by atoms with van der Waals surface area (Å²) in [6.07, 6.45) is 0. The van der Waals surface area contributed by atoms with Gasteiger partial charge in [0, 0.05) is 25.1 Å². The van der Waals surface area contributed by atoms with Crippen molar-refractivity contribution < 1.29 is 9.32 Å². The summed E-state index contributed by atoms with van der Waals surface area (Å²) in [5, 5.41) is 0. The van der Waals surface area contributed by atoms with Gasteiger partial charge in [-0.05, 0) is 17.7 Å². The number of hydroxylamine groups is 1. The maximum Gasteiger partial charge on any atom is 0.0491 e. The van der Waals surface area contributed by atoms with E-state index in [1.54, 1.807) is 0 Å². The van der Waals surface area contributed by atoms with E-state index in [0.29, 0.717) is 6.54 Å². The molecule has 0 unspecified atom stereocenters. The minimum absolute atomic E-state index is 0.542. The Bertz CT molecular complexity index is 227. The Morgan fingerprint density at radius 3 is 2.58 bits per heavy atom. The number of rotatable bonds is 4. The van der Waals surface area contributed by atoms with Crippen LogP contribution in [0.15, 0.2) is 24.3 Å². The van der Waals surface area contributed by atoms with Crippen LogP contribution in [0.25, 0.3) is 0 Å². The van der Waals surface area contributed by atoms with E-state index in [-0.39, 0.29) is 0 Å². The van der Waals surface area contributed by atoms with Crippen LogP contribution < -0.4 is 11.2 Å². The van der Waals surface area contributed by atoms with E-state index in [1.165, 1.54) is 0 Å². The van der Waals surface area contributed by atoms with E-state index in [9.17, 15) is 0 Å². The van der Waals surface area contributed by atoms with Gasteiger partial charge in [-0.1, -0.05) is 12.1 Å². The summed E-state index contributed by atoms with van der Waals surface area (Å²) in [6, 6.07) is 7.42. The van der Waals surface area contributed by atoms with Gasteiger partial charge in [-0.15, -0.1) is 9.32 Å². The van der Waals surface area contributed by atoms with Crippen LogP contribution in [-0.2, 0) is 15.9 Å². The summed E-state index contributed by atoms with van der Waals surface area (Å²) in [4.78, 5) is 4.35. The fourth-order valence-corrected chi connectivity index (χ4v) is 0.827. The molecule has 0 radical (unpaired) electrons. The second-order valence-corrected chi connectivity index (χ2v) is 2.37.